The predicted octanol–water partition coefficient (Wildman–Crippen LogP) is 4.26. The van der Waals surface area contributed by atoms with Gasteiger partial charge in [0, 0.05) is 34.7 Å². The maximum Gasteiger partial charge on any atom is 0.128 e. The van der Waals surface area contributed by atoms with Gasteiger partial charge in [-0.2, -0.15) is 0 Å². The molecule has 112 valence electrons. The number of nitrogens with zero attached hydrogens (tertiary/aromatic N) is 1. The minimum Gasteiger partial charge on any atom is -0.329 e. The first-order valence-corrected chi connectivity index (χ1v) is 7.36. The Kier molecular flexibility index (Phi) is 5.59. The van der Waals surface area contributed by atoms with Gasteiger partial charge in [0.05, 0.1) is 0 Å². The van der Waals surface area contributed by atoms with Crippen LogP contribution in [0.5, 0.6) is 0 Å². The number of hydrogen-bond acceptors (Lipinski definition) is 2. The molecule has 0 bridgehead atoms. The van der Waals surface area contributed by atoms with E-state index in [4.69, 9.17) is 28.9 Å². The van der Waals surface area contributed by atoms with Crippen LogP contribution in [0.15, 0.2) is 42.5 Å². The number of hydrogen-bond donors (Lipinski definition) is 1. The Morgan fingerprint density at radius 1 is 1.14 bits per heavy atom. The average Bonchev–Trinajstić information content (AvgIpc) is 2.43. The van der Waals surface area contributed by atoms with E-state index >= 15 is 0 Å². The zero-order valence-electron chi connectivity index (χ0n) is 11.7. The van der Waals surface area contributed by atoms with Gasteiger partial charge < -0.3 is 5.73 Å². The van der Waals surface area contributed by atoms with Crippen LogP contribution in [0.1, 0.15) is 17.2 Å². The summed E-state index contributed by atoms with van der Waals surface area (Å²) in [6.45, 7) is 0.919. The van der Waals surface area contributed by atoms with E-state index in [0.717, 1.165) is 5.56 Å². The van der Waals surface area contributed by atoms with Gasteiger partial charge in [-0.25, -0.2) is 4.39 Å². The monoisotopic (exact) mass is 326 g/mol. The quantitative estimate of drug-likeness (QED) is 0.889. The number of rotatable bonds is 5. The smallest absolute Gasteiger partial charge is 0.128 e. The Hall–Kier alpha value is -1.13. The van der Waals surface area contributed by atoms with Crippen LogP contribution in [0.2, 0.25) is 10.0 Å². The molecule has 0 fully saturated rings. The normalized spacial score (nSPS) is 12.7. The van der Waals surface area contributed by atoms with E-state index in [9.17, 15) is 4.39 Å². The second-order valence-corrected chi connectivity index (χ2v) is 5.84. The molecule has 1 unspecified atom stereocenters. The summed E-state index contributed by atoms with van der Waals surface area (Å²) < 4.78 is 14.0. The van der Waals surface area contributed by atoms with E-state index in [-0.39, 0.29) is 11.9 Å². The topological polar surface area (TPSA) is 29.3 Å². The van der Waals surface area contributed by atoms with Crippen molar-refractivity contribution in [3.05, 3.63) is 69.5 Å². The van der Waals surface area contributed by atoms with Crippen LogP contribution < -0.4 is 5.73 Å². The summed E-state index contributed by atoms with van der Waals surface area (Å²) in [5.74, 6) is -0.298. The Balaban J connectivity index is 2.22. The molecule has 2 nitrogen and oxygen atoms in total. The molecular formula is C16H17Cl2FN2. The lowest BCUT2D eigenvalue weighted by atomic mass is 10.0. The second-order valence-electron chi connectivity index (χ2n) is 4.96. The average molecular weight is 327 g/mol. The number of likely N-dealkylation sites (N-methyl/N-ethyl adjacent to an activating group) is 1. The lowest BCUT2D eigenvalue weighted by Crippen LogP contribution is -2.30. The van der Waals surface area contributed by atoms with Gasteiger partial charge in [0.25, 0.3) is 0 Å². The van der Waals surface area contributed by atoms with Crippen molar-refractivity contribution in [1.82, 2.24) is 4.90 Å². The highest BCUT2D eigenvalue weighted by Crippen LogP contribution is 2.26. The molecule has 0 aliphatic heterocycles. The van der Waals surface area contributed by atoms with Gasteiger partial charge in [-0.05, 0) is 42.9 Å². The SMILES string of the molecule is CN(Cc1cccc(Cl)c1)C(CN)c1cc(Cl)ccc1F. The molecule has 2 rings (SSSR count). The highest BCUT2D eigenvalue weighted by Gasteiger charge is 2.19. The largest absolute Gasteiger partial charge is 0.329 e. The molecule has 0 spiro atoms. The van der Waals surface area contributed by atoms with Gasteiger partial charge in [-0.15, -0.1) is 0 Å². The van der Waals surface area contributed by atoms with Crippen LogP contribution in [0.4, 0.5) is 4.39 Å². The van der Waals surface area contributed by atoms with E-state index in [0.29, 0.717) is 28.7 Å². The van der Waals surface area contributed by atoms with E-state index in [1.807, 2.05) is 36.2 Å². The Morgan fingerprint density at radius 2 is 1.86 bits per heavy atom. The number of halogens is 3. The zero-order valence-corrected chi connectivity index (χ0v) is 13.2. The van der Waals surface area contributed by atoms with Crippen molar-refractivity contribution >= 4 is 23.2 Å². The molecule has 0 amide bonds. The predicted molar refractivity (Wildman–Crippen MR) is 86.1 cm³/mol. The van der Waals surface area contributed by atoms with Gasteiger partial charge in [0.2, 0.25) is 0 Å². The minimum absolute atomic E-state index is 0.248. The van der Waals surface area contributed by atoms with E-state index in [1.165, 1.54) is 12.1 Å². The molecule has 2 aromatic rings. The Morgan fingerprint density at radius 3 is 2.52 bits per heavy atom. The van der Waals surface area contributed by atoms with Crippen LogP contribution in [0.25, 0.3) is 0 Å². The molecule has 0 aliphatic carbocycles. The summed E-state index contributed by atoms with van der Waals surface area (Å²) in [6, 6.07) is 11.9. The van der Waals surface area contributed by atoms with E-state index in [2.05, 4.69) is 0 Å². The maximum absolute atomic E-state index is 14.0. The molecular weight excluding hydrogens is 310 g/mol. The fourth-order valence-electron chi connectivity index (χ4n) is 2.35. The van der Waals surface area contributed by atoms with Gasteiger partial charge in [-0.3, -0.25) is 4.90 Å². The molecule has 0 saturated carbocycles. The highest BCUT2D eigenvalue weighted by molar-refractivity contribution is 6.30. The third-order valence-electron chi connectivity index (χ3n) is 3.39. The van der Waals surface area contributed by atoms with Crippen LogP contribution in [-0.4, -0.2) is 18.5 Å². The number of nitrogens with two attached hydrogens (primary N) is 1. The van der Waals surface area contributed by atoms with Crippen molar-refractivity contribution in [2.45, 2.75) is 12.6 Å². The van der Waals surface area contributed by atoms with Crippen molar-refractivity contribution in [3.63, 3.8) is 0 Å². The minimum atomic E-state index is -0.298. The van der Waals surface area contributed by atoms with Crippen LogP contribution >= 0.6 is 23.2 Å². The maximum atomic E-state index is 14.0. The van der Waals surface area contributed by atoms with Crippen molar-refractivity contribution in [2.24, 2.45) is 5.73 Å². The van der Waals surface area contributed by atoms with Crippen molar-refractivity contribution in [2.75, 3.05) is 13.6 Å². The molecule has 0 heterocycles. The Bertz CT molecular complexity index is 619. The van der Waals surface area contributed by atoms with Gasteiger partial charge in [0.1, 0.15) is 5.82 Å². The molecule has 0 radical (unpaired) electrons. The molecule has 0 aliphatic rings. The van der Waals surface area contributed by atoms with Crippen LogP contribution in [-0.2, 0) is 6.54 Å². The third kappa shape index (κ3) is 4.17. The second kappa shape index (κ2) is 7.23. The molecule has 0 saturated heterocycles. The molecule has 1 atom stereocenters. The third-order valence-corrected chi connectivity index (χ3v) is 3.86. The van der Waals surface area contributed by atoms with Crippen LogP contribution in [0, 0.1) is 5.82 Å². The first-order chi connectivity index (χ1) is 10.0. The fraction of sp³-hybridized carbons (Fsp3) is 0.250. The lowest BCUT2D eigenvalue weighted by Gasteiger charge is -2.28. The van der Waals surface area contributed by atoms with Gasteiger partial charge >= 0.3 is 0 Å². The van der Waals surface area contributed by atoms with Crippen molar-refractivity contribution in [3.8, 4) is 0 Å². The molecule has 2 aromatic carbocycles. The summed E-state index contributed by atoms with van der Waals surface area (Å²) in [7, 11) is 1.90. The van der Waals surface area contributed by atoms with E-state index < -0.39 is 0 Å². The standard InChI is InChI=1S/C16H17Cl2FN2/c1-21(10-11-3-2-4-12(17)7-11)16(9-20)14-8-13(18)5-6-15(14)19/h2-8,16H,9-10,20H2,1H3. The summed E-state index contributed by atoms with van der Waals surface area (Å²) in [5, 5.41) is 1.18. The van der Waals surface area contributed by atoms with Crippen molar-refractivity contribution in [1.29, 1.82) is 0 Å². The van der Waals surface area contributed by atoms with Gasteiger partial charge in [-0.1, -0.05) is 35.3 Å². The van der Waals surface area contributed by atoms with Gasteiger partial charge in [0.15, 0.2) is 0 Å². The summed E-state index contributed by atoms with van der Waals surface area (Å²) >= 11 is 11.9. The molecule has 0 aromatic heterocycles. The first-order valence-electron chi connectivity index (χ1n) is 6.61. The lowest BCUT2D eigenvalue weighted by molar-refractivity contribution is 0.237. The van der Waals surface area contributed by atoms with Crippen LogP contribution in [0.3, 0.4) is 0 Å². The first kappa shape index (κ1) is 16.2. The highest BCUT2D eigenvalue weighted by atomic mass is 35.5. The fourth-order valence-corrected chi connectivity index (χ4v) is 2.74. The summed E-state index contributed by atoms with van der Waals surface area (Å²) in [5.41, 5.74) is 7.39. The van der Waals surface area contributed by atoms with E-state index in [1.54, 1.807) is 6.07 Å². The zero-order chi connectivity index (χ0) is 15.4. The summed E-state index contributed by atoms with van der Waals surface area (Å²) in [6.07, 6.45) is 0. The van der Waals surface area contributed by atoms with Crippen molar-refractivity contribution < 1.29 is 4.39 Å². The molecule has 5 heteroatoms. The Labute approximate surface area is 134 Å². The molecule has 21 heavy (non-hydrogen) atoms. The summed E-state index contributed by atoms with van der Waals surface area (Å²) in [4.78, 5) is 1.99. The number of benzene rings is 2. The molecule has 2 N–H and O–H groups in total.